The standard InChI is InChI=1S/C11H16N5O5P/c1-22(18,19)20-3-7-6(17)2-8(21-7)16-5-15-9-10(12)13-4-14-11(9)16/h4-8,17H,2-3H2,1H3,(H,18,19)(H2,12,13,14)/t6-,7+,8+/m0/s1. The maximum absolute atomic E-state index is 11.2. The molecule has 0 saturated carbocycles. The van der Waals surface area contributed by atoms with Gasteiger partial charge in [0.15, 0.2) is 11.5 Å². The summed E-state index contributed by atoms with van der Waals surface area (Å²) in [6.45, 7) is 0.903. The lowest BCUT2D eigenvalue weighted by atomic mass is 10.2. The fourth-order valence-electron chi connectivity index (χ4n) is 2.33. The zero-order valence-electron chi connectivity index (χ0n) is 11.7. The zero-order valence-corrected chi connectivity index (χ0v) is 12.6. The van der Waals surface area contributed by atoms with Crippen molar-refractivity contribution in [3.05, 3.63) is 12.7 Å². The lowest BCUT2D eigenvalue weighted by Gasteiger charge is -2.16. The average Bonchev–Trinajstić information content (AvgIpc) is 3.00. The fraction of sp³-hybridized carbons (Fsp3) is 0.545. The van der Waals surface area contributed by atoms with E-state index in [4.69, 9.17) is 19.9 Å². The molecule has 0 radical (unpaired) electrons. The van der Waals surface area contributed by atoms with E-state index >= 15 is 0 Å². The molecule has 1 unspecified atom stereocenters. The summed E-state index contributed by atoms with van der Waals surface area (Å²) in [7, 11) is -3.62. The van der Waals surface area contributed by atoms with Gasteiger partial charge in [-0.05, 0) is 0 Å². The number of aliphatic hydroxyl groups excluding tert-OH is 1. The van der Waals surface area contributed by atoms with Crippen molar-refractivity contribution in [2.24, 2.45) is 0 Å². The highest BCUT2D eigenvalue weighted by Gasteiger charge is 2.36. The summed E-state index contributed by atoms with van der Waals surface area (Å²) in [6, 6.07) is 0. The molecule has 2 aromatic rings. The SMILES string of the molecule is CP(=O)(O)OC[C@H]1O[C@@H](n2cnc3c(N)ncnc32)C[C@@H]1O. The first-order chi connectivity index (χ1) is 10.3. The van der Waals surface area contributed by atoms with Crippen LogP contribution in [0, 0.1) is 0 Å². The summed E-state index contributed by atoms with van der Waals surface area (Å²) in [5, 5.41) is 10.0. The molecule has 3 rings (SSSR count). The molecule has 22 heavy (non-hydrogen) atoms. The van der Waals surface area contributed by atoms with Gasteiger partial charge in [-0.3, -0.25) is 9.13 Å². The van der Waals surface area contributed by atoms with Crippen molar-refractivity contribution in [2.45, 2.75) is 24.9 Å². The Morgan fingerprint density at radius 3 is 3.05 bits per heavy atom. The van der Waals surface area contributed by atoms with E-state index in [-0.39, 0.29) is 18.8 Å². The predicted octanol–water partition coefficient (Wildman–Crippen LogP) is -0.111. The van der Waals surface area contributed by atoms with Gasteiger partial charge in [-0.2, -0.15) is 0 Å². The van der Waals surface area contributed by atoms with Gasteiger partial charge in [-0.15, -0.1) is 0 Å². The van der Waals surface area contributed by atoms with Crippen LogP contribution in [0.2, 0.25) is 0 Å². The van der Waals surface area contributed by atoms with E-state index in [0.717, 1.165) is 6.66 Å². The first-order valence-electron chi connectivity index (χ1n) is 6.56. The largest absolute Gasteiger partial charge is 0.390 e. The van der Waals surface area contributed by atoms with Crippen LogP contribution in [-0.4, -0.2) is 55.0 Å². The first kappa shape index (κ1) is 15.3. The quantitative estimate of drug-likeness (QED) is 0.654. The van der Waals surface area contributed by atoms with Gasteiger partial charge in [-0.25, -0.2) is 15.0 Å². The second-order valence-corrected chi connectivity index (χ2v) is 6.98. The van der Waals surface area contributed by atoms with Crippen molar-refractivity contribution in [1.82, 2.24) is 19.5 Å². The van der Waals surface area contributed by atoms with Crippen molar-refractivity contribution in [3.63, 3.8) is 0 Å². The summed E-state index contributed by atoms with van der Waals surface area (Å²) in [5.74, 6) is 0.259. The molecule has 0 amide bonds. The third-order valence-electron chi connectivity index (χ3n) is 3.38. The molecule has 4 atom stereocenters. The van der Waals surface area contributed by atoms with Gasteiger partial charge in [0.2, 0.25) is 0 Å². The Labute approximate surface area is 125 Å². The molecular formula is C11H16N5O5P. The number of aliphatic hydroxyl groups is 1. The molecule has 2 aromatic heterocycles. The van der Waals surface area contributed by atoms with Crippen molar-refractivity contribution in [3.8, 4) is 0 Å². The Morgan fingerprint density at radius 2 is 2.32 bits per heavy atom. The highest BCUT2D eigenvalue weighted by Crippen LogP contribution is 2.39. The summed E-state index contributed by atoms with van der Waals surface area (Å²) in [5.41, 5.74) is 6.67. The highest BCUT2D eigenvalue weighted by molar-refractivity contribution is 7.51. The molecule has 10 nitrogen and oxygen atoms in total. The van der Waals surface area contributed by atoms with E-state index in [1.807, 2.05) is 0 Å². The van der Waals surface area contributed by atoms with Gasteiger partial charge >= 0.3 is 7.60 Å². The van der Waals surface area contributed by atoms with Crippen molar-refractivity contribution >= 4 is 24.6 Å². The lowest BCUT2D eigenvalue weighted by Crippen LogP contribution is -2.25. The molecule has 1 saturated heterocycles. The molecule has 0 spiro atoms. The van der Waals surface area contributed by atoms with E-state index in [1.165, 1.54) is 12.7 Å². The van der Waals surface area contributed by atoms with Gasteiger partial charge in [-0.1, -0.05) is 0 Å². The van der Waals surface area contributed by atoms with Crippen LogP contribution in [0.3, 0.4) is 0 Å². The maximum Gasteiger partial charge on any atom is 0.325 e. The van der Waals surface area contributed by atoms with Crippen molar-refractivity contribution in [1.29, 1.82) is 0 Å². The Morgan fingerprint density at radius 1 is 1.55 bits per heavy atom. The van der Waals surface area contributed by atoms with Crippen LogP contribution in [0.5, 0.6) is 0 Å². The molecule has 1 aliphatic rings. The van der Waals surface area contributed by atoms with Crippen LogP contribution in [0.15, 0.2) is 12.7 Å². The van der Waals surface area contributed by atoms with Crippen LogP contribution < -0.4 is 5.73 Å². The minimum absolute atomic E-state index is 0.175. The third-order valence-corrected chi connectivity index (χ3v) is 4.01. The van der Waals surface area contributed by atoms with E-state index in [0.29, 0.717) is 11.2 Å². The van der Waals surface area contributed by atoms with Gasteiger partial charge in [0.25, 0.3) is 0 Å². The summed E-state index contributed by atoms with van der Waals surface area (Å²) < 4.78 is 23.3. The summed E-state index contributed by atoms with van der Waals surface area (Å²) in [4.78, 5) is 21.2. The number of nitrogen functional groups attached to an aromatic ring is 1. The number of imidazole rings is 1. The number of ether oxygens (including phenoxy) is 1. The minimum atomic E-state index is -3.62. The molecule has 4 N–H and O–H groups in total. The monoisotopic (exact) mass is 329 g/mol. The number of fused-ring (bicyclic) bond motifs is 1. The van der Waals surface area contributed by atoms with Crippen molar-refractivity contribution in [2.75, 3.05) is 19.0 Å². The lowest BCUT2D eigenvalue weighted by molar-refractivity contribution is -0.0394. The number of nitrogens with zero attached hydrogens (tertiary/aromatic N) is 4. The van der Waals surface area contributed by atoms with E-state index in [9.17, 15) is 9.67 Å². The molecule has 1 fully saturated rings. The zero-order chi connectivity index (χ0) is 15.9. The topological polar surface area (TPSA) is 146 Å². The number of hydrogen-bond acceptors (Lipinski definition) is 8. The smallest absolute Gasteiger partial charge is 0.325 e. The van der Waals surface area contributed by atoms with Crippen molar-refractivity contribution < 1.29 is 23.8 Å². The minimum Gasteiger partial charge on any atom is -0.390 e. The molecule has 0 bridgehead atoms. The number of hydrogen-bond donors (Lipinski definition) is 3. The van der Waals surface area contributed by atoms with Crippen LogP contribution in [-0.2, 0) is 13.8 Å². The van der Waals surface area contributed by atoms with Gasteiger partial charge in [0, 0.05) is 13.1 Å². The summed E-state index contributed by atoms with van der Waals surface area (Å²) >= 11 is 0. The number of nitrogens with two attached hydrogens (primary N) is 1. The number of anilines is 1. The van der Waals surface area contributed by atoms with Crippen LogP contribution in [0.4, 0.5) is 5.82 Å². The van der Waals surface area contributed by atoms with Gasteiger partial charge < -0.3 is 25.0 Å². The van der Waals surface area contributed by atoms with Crippen LogP contribution in [0.1, 0.15) is 12.6 Å². The Balaban J connectivity index is 1.78. The Bertz CT molecular complexity index is 731. The van der Waals surface area contributed by atoms with Crippen LogP contribution >= 0.6 is 7.60 Å². The van der Waals surface area contributed by atoms with Gasteiger partial charge in [0.1, 0.15) is 24.2 Å². The van der Waals surface area contributed by atoms with E-state index in [2.05, 4.69) is 15.0 Å². The fourth-order valence-corrected chi connectivity index (χ4v) is 2.75. The second kappa shape index (κ2) is 5.56. The van der Waals surface area contributed by atoms with Gasteiger partial charge in [0.05, 0.1) is 19.0 Å². The summed E-state index contributed by atoms with van der Waals surface area (Å²) in [6.07, 6.45) is 1.06. The average molecular weight is 329 g/mol. The molecule has 3 heterocycles. The molecule has 0 aliphatic carbocycles. The van der Waals surface area contributed by atoms with Crippen LogP contribution in [0.25, 0.3) is 11.2 Å². The van der Waals surface area contributed by atoms with E-state index in [1.54, 1.807) is 4.57 Å². The maximum atomic E-state index is 11.2. The Hall–Kier alpha value is -1.58. The number of rotatable bonds is 4. The predicted molar refractivity (Wildman–Crippen MR) is 76.0 cm³/mol. The first-order valence-corrected chi connectivity index (χ1v) is 8.59. The third kappa shape index (κ3) is 2.96. The molecule has 11 heteroatoms. The highest BCUT2D eigenvalue weighted by atomic mass is 31.2. The molecule has 120 valence electrons. The second-order valence-electron chi connectivity index (χ2n) is 5.11. The number of aromatic nitrogens is 4. The molecule has 0 aromatic carbocycles. The normalized spacial score (nSPS) is 28.0. The molecule has 1 aliphatic heterocycles. The Kier molecular flexibility index (Phi) is 3.87. The molecular weight excluding hydrogens is 313 g/mol. The van der Waals surface area contributed by atoms with E-state index < -0.39 is 26.0 Å².